The molecule has 7 nitrogen and oxygen atoms in total. The maximum Gasteiger partial charge on any atom is 0.275 e. The summed E-state index contributed by atoms with van der Waals surface area (Å²) in [6, 6.07) is 7.97. The molecule has 1 atom stereocenters. The quantitative estimate of drug-likeness (QED) is 0.786. The van der Waals surface area contributed by atoms with Crippen LogP contribution in [0.2, 0.25) is 0 Å². The highest BCUT2D eigenvalue weighted by Gasteiger charge is 2.36. The van der Waals surface area contributed by atoms with E-state index < -0.39 is 6.04 Å². The molecule has 1 saturated heterocycles. The minimum atomic E-state index is -0.577. The van der Waals surface area contributed by atoms with E-state index in [1.165, 1.54) is 33.5 Å². The second kappa shape index (κ2) is 9.26. The lowest BCUT2D eigenvalue weighted by Crippen LogP contribution is -2.45. The van der Waals surface area contributed by atoms with Crippen LogP contribution in [0.4, 0.5) is 5.69 Å². The van der Waals surface area contributed by atoms with Crippen molar-refractivity contribution in [1.29, 1.82) is 0 Å². The van der Waals surface area contributed by atoms with Gasteiger partial charge in [-0.1, -0.05) is 19.4 Å². The first-order valence-electron chi connectivity index (χ1n) is 9.75. The maximum absolute atomic E-state index is 13.0. The van der Waals surface area contributed by atoms with E-state index in [-0.39, 0.29) is 23.1 Å². The lowest BCUT2D eigenvalue weighted by molar-refractivity contribution is -0.119. The van der Waals surface area contributed by atoms with Crippen molar-refractivity contribution in [2.75, 3.05) is 16.9 Å². The number of amides is 2. The van der Waals surface area contributed by atoms with E-state index in [2.05, 4.69) is 10.4 Å². The SMILES string of the molecule is CCCCn1nc(C(=O)N2CSCC2C(=O)Nc2ccc(C)c(C)c2)ccc1=O. The Bertz CT molecular complexity index is 973. The van der Waals surface area contributed by atoms with Gasteiger partial charge in [-0.25, -0.2) is 4.68 Å². The second-order valence-electron chi connectivity index (χ2n) is 7.21. The average molecular weight is 415 g/mol. The molecule has 1 aromatic carbocycles. The number of unbranched alkanes of at least 4 members (excludes halogenated alkanes) is 1. The summed E-state index contributed by atoms with van der Waals surface area (Å²) in [5.74, 6) is 0.392. The Morgan fingerprint density at radius 2 is 2.00 bits per heavy atom. The molecule has 0 saturated carbocycles. The third-order valence-corrected chi connectivity index (χ3v) is 6.04. The molecule has 0 aliphatic carbocycles. The molecule has 29 heavy (non-hydrogen) atoms. The second-order valence-corrected chi connectivity index (χ2v) is 8.21. The number of aromatic nitrogens is 2. The third kappa shape index (κ3) is 4.87. The fourth-order valence-electron chi connectivity index (χ4n) is 3.08. The molecule has 0 spiro atoms. The maximum atomic E-state index is 13.0. The highest BCUT2D eigenvalue weighted by molar-refractivity contribution is 7.99. The van der Waals surface area contributed by atoms with Crippen LogP contribution >= 0.6 is 11.8 Å². The highest BCUT2D eigenvalue weighted by Crippen LogP contribution is 2.24. The van der Waals surface area contributed by atoms with Crippen molar-refractivity contribution in [2.24, 2.45) is 0 Å². The number of carbonyl (C=O) groups is 2. The van der Waals surface area contributed by atoms with Gasteiger partial charge in [-0.3, -0.25) is 14.4 Å². The van der Waals surface area contributed by atoms with Crippen LogP contribution in [-0.2, 0) is 11.3 Å². The summed E-state index contributed by atoms with van der Waals surface area (Å²) < 4.78 is 1.32. The summed E-state index contributed by atoms with van der Waals surface area (Å²) in [6.07, 6.45) is 1.74. The number of benzene rings is 1. The number of nitrogens with one attached hydrogen (secondary N) is 1. The molecule has 1 unspecified atom stereocenters. The Kier molecular flexibility index (Phi) is 6.74. The monoisotopic (exact) mass is 414 g/mol. The van der Waals surface area contributed by atoms with Crippen molar-refractivity contribution in [1.82, 2.24) is 14.7 Å². The number of hydrogen-bond donors (Lipinski definition) is 1. The Morgan fingerprint density at radius 1 is 1.21 bits per heavy atom. The lowest BCUT2D eigenvalue weighted by Gasteiger charge is -2.23. The van der Waals surface area contributed by atoms with Crippen LogP contribution in [0.1, 0.15) is 41.4 Å². The van der Waals surface area contributed by atoms with Crippen LogP contribution in [0.15, 0.2) is 35.1 Å². The zero-order valence-corrected chi connectivity index (χ0v) is 17.8. The molecule has 154 valence electrons. The van der Waals surface area contributed by atoms with E-state index >= 15 is 0 Å². The summed E-state index contributed by atoms with van der Waals surface area (Å²) in [6.45, 7) is 6.51. The van der Waals surface area contributed by atoms with Gasteiger partial charge < -0.3 is 10.2 Å². The summed E-state index contributed by atoms with van der Waals surface area (Å²) >= 11 is 1.53. The molecule has 0 radical (unpaired) electrons. The van der Waals surface area contributed by atoms with E-state index in [0.717, 1.165) is 24.0 Å². The molecular formula is C21H26N4O3S. The Morgan fingerprint density at radius 3 is 2.72 bits per heavy atom. The Hall–Kier alpha value is -2.61. The van der Waals surface area contributed by atoms with Gasteiger partial charge in [0.25, 0.3) is 11.5 Å². The fourth-order valence-corrected chi connectivity index (χ4v) is 4.24. The van der Waals surface area contributed by atoms with Crippen molar-refractivity contribution in [2.45, 2.75) is 46.2 Å². The number of aryl methyl sites for hydroxylation is 3. The van der Waals surface area contributed by atoms with Crippen molar-refractivity contribution >= 4 is 29.3 Å². The van der Waals surface area contributed by atoms with E-state index in [1.807, 2.05) is 39.0 Å². The van der Waals surface area contributed by atoms with Gasteiger partial charge in [-0.2, -0.15) is 5.10 Å². The van der Waals surface area contributed by atoms with Gasteiger partial charge in [0.15, 0.2) is 0 Å². The fraction of sp³-hybridized carbons (Fsp3) is 0.429. The number of carbonyl (C=O) groups excluding carboxylic acids is 2. The van der Waals surface area contributed by atoms with Gasteiger partial charge in [0.05, 0.1) is 5.88 Å². The normalized spacial score (nSPS) is 16.1. The lowest BCUT2D eigenvalue weighted by atomic mass is 10.1. The molecule has 1 aliphatic heterocycles. The molecule has 1 N–H and O–H groups in total. The minimum absolute atomic E-state index is 0.187. The summed E-state index contributed by atoms with van der Waals surface area (Å²) in [5, 5.41) is 7.14. The molecule has 2 heterocycles. The topological polar surface area (TPSA) is 84.3 Å². The van der Waals surface area contributed by atoms with Crippen molar-refractivity contribution in [3.63, 3.8) is 0 Å². The van der Waals surface area contributed by atoms with Gasteiger partial charge in [-0.05, 0) is 49.6 Å². The molecule has 2 amide bonds. The van der Waals surface area contributed by atoms with Crippen LogP contribution in [0.5, 0.6) is 0 Å². The highest BCUT2D eigenvalue weighted by atomic mass is 32.2. The smallest absolute Gasteiger partial charge is 0.275 e. The molecule has 1 fully saturated rings. The molecule has 0 bridgehead atoms. The number of thioether (sulfide) groups is 1. The van der Waals surface area contributed by atoms with Crippen LogP contribution in [0, 0.1) is 13.8 Å². The average Bonchev–Trinajstić information content (AvgIpc) is 3.19. The molecule has 8 heteroatoms. The van der Waals surface area contributed by atoms with Gasteiger partial charge >= 0.3 is 0 Å². The van der Waals surface area contributed by atoms with Crippen LogP contribution in [-0.4, -0.2) is 44.2 Å². The number of nitrogens with zero attached hydrogens (tertiary/aromatic N) is 3. The zero-order chi connectivity index (χ0) is 21.0. The summed E-state index contributed by atoms with van der Waals surface area (Å²) in [4.78, 5) is 39.3. The third-order valence-electron chi connectivity index (χ3n) is 5.03. The first-order chi connectivity index (χ1) is 13.9. The Labute approximate surface area is 174 Å². The summed E-state index contributed by atoms with van der Waals surface area (Å²) in [7, 11) is 0. The molecule has 3 rings (SSSR count). The van der Waals surface area contributed by atoms with Crippen molar-refractivity contribution in [3.8, 4) is 0 Å². The van der Waals surface area contributed by atoms with E-state index in [0.29, 0.717) is 23.9 Å². The minimum Gasteiger partial charge on any atom is -0.324 e. The Balaban J connectivity index is 1.75. The molecule has 2 aromatic rings. The van der Waals surface area contributed by atoms with Crippen LogP contribution in [0.25, 0.3) is 0 Å². The molecule has 1 aliphatic rings. The van der Waals surface area contributed by atoms with E-state index in [9.17, 15) is 14.4 Å². The predicted octanol–water partition coefficient (Wildman–Crippen LogP) is 2.81. The van der Waals surface area contributed by atoms with Crippen LogP contribution in [0.3, 0.4) is 0 Å². The van der Waals surface area contributed by atoms with Gasteiger partial charge in [0.1, 0.15) is 11.7 Å². The predicted molar refractivity (Wildman–Crippen MR) is 115 cm³/mol. The van der Waals surface area contributed by atoms with Crippen LogP contribution < -0.4 is 10.9 Å². The molecular weight excluding hydrogens is 388 g/mol. The van der Waals surface area contributed by atoms with Crippen molar-refractivity contribution < 1.29 is 9.59 Å². The van der Waals surface area contributed by atoms with Gasteiger partial charge in [0, 0.05) is 24.1 Å². The number of anilines is 1. The van der Waals surface area contributed by atoms with E-state index in [4.69, 9.17) is 0 Å². The number of rotatable bonds is 6. The first-order valence-corrected chi connectivity index (χ1v) is 10.9. The van der Waals surface area contributed by atoms with Gasteiger partial charge in [0.2, 0.25) is 5.91 Å². The van der Waals surface area contributed by atoms with Gasteiger partial charge in [-0.15, -0.1) is 11.8 Å². The first kappa shape index (κ1) is 21.1. The molecule has 1 aromatic heterocycles. The standard InChI is InChI=1S/C21H26N4O3S/c1-4-5-10-25-19(26)9-8-17(23-25)21(28)24-13-29-12-18(24)20(27)22-16-7-6-14(2)15(3)11-16/h6-9,11,18H,4-5,10,12-13H2,1-3H3,(H,22,27). The zero-order valence-electron chi connectivity index (χ0n) is 17.0. The summed E-state index contributed by atoms with van der Waals surface area (Å²) in [5.41, 5.74) is 2.92. The van der Waals surface area contributed by atoms with Crippen molar-refractivity contribution in [3.05, 3.63) is 57.5 Å². The largest absolute Gasteiger partial charge is 0.324 e. The number of hydrogen-bond acceptors (Lipinski definition) is 5. The van der Waals surface area contributed by atoms with E-state index in [1.54, 1.807) is 0 Å².